The first-order valence-electron chi connectivity index (χ1n) is 16.9. The van der Waals surface area contributed by atoms with Crippen molar-refractivity contribution in [3.8, 4) is 0 Å². The third-order valence-electron chi connectivity index (χ3n) is 14.6. The van der Waals surface area contributed by atoms with Gasteiger partial charge in [0.25, 0.3) is 5.91 Å². The Kier molecular flexibility index (Phi) is 7.16. The van der Waals surface area contributed by atoms with Crippen LogP contribution in [0.3, 0.4) is 0 Å². The maximum Gasteiger partial charge on any atom is 0.329 e. The van der Waals surface area contributed by atoms with Crippen molar-refractivity contribution in [1.82, 2.24) is 15.0 Å². The molecular formula is C36H53N3O5. The number of aromatic amines is 1. The van der Waals surface area contributed by atoms with Gasteiger partial charge in [-0.05, 0) is 103 Å². The molecule has 1 heterocycles. The molecule has 3 N–H and O–H groups in total. The van der Waals surface area contributed by atoms with Crippen molar-refractivity contribution in [2.24, 2.45) is 50.2 Å². The summed E-state index contributed by atoms with van der Waals surface area (Å²) in [5, 5.41) is 21.5. The number of ketones is 1. The monoisotopic (exact) mass is 607 g/mol. The van der Waals surface area contributed by atoms with E-state index in [2.05, 4.69) is 51.5 Å². The predicted molar refractivity (Wildman–Crippen MR) is 166 cm³/mol. The molecule has 0 bridgehead atoms. The number of carboxylic acid groups (broad SMARTS) is 1. The number of fused-ring (bicyclic) bond motifs is 7. The lowest BCUT2D eigenvalue weighted by Crippen LogP contribution is -2.65. The van der Waals surface area contributed by atoms with Crippen LogP contribution >= 0.6 is 0 Å². The number of hydroxylamine groups is 2. The summed E-state index contributed by atoms with van der Waals surface area (Å²) in [5.74, 6) is -0.990. The van der Waals surface area contributed by atoms with Crippen molar-refractivity contribution < 1.29 is 24.7 Å². The van der Waals surface area contributed by atoms with Gasteiger partial charge in [-0.25, -0.2) is 14.8 Å². The lowest BCUT2D eigenvalue weighted by molar-refractivity contribution is -0.200. The van der Waals surface area contributed by atoms with E-state index in [4.69, 9.17) is 0 Å². The molecule has 1 amide bonds. The Labute approximate surface area is 262 Å². The summed E-state index contributed by atoms with van der Waals surface area (Å²) in [6, 6.07) is -1.42. The van der Waals surface area contributed by atoms with E-state index < -0.39 is 23.3 Å². The number of aliphatic carboxylic acids is 1. The number of hydrogen-bond donors (Lipinski definition) is 3. The second kappa shape index (κ2) is 10.0. The smallest absolute Gasteiger partial charge is 0.329 e. The van der Waals surface area contributed by atoms with Gasteiger partial charge in [-0.3, -0.25) is 14.8 Å². The van der Waals surface area contributed by atoms with Crippen molar-refractivity contribution in [2.75, 3.05) is 0 Å². The van der Waals surface area contributed by atoms with Crippen LogP contribution in [0.15, 0.2) is 24.2 Å². The Bertz CT molecular complexity index is 1390. The van der Waals surface area contributed by atoms with Crippen LogP contribution in [0, 0.1) is 50.2 Å². The molecule has 242 valence electrons. The average molecular weight is 608 g/mol. The number of amides is 1. The fourth-order valence-electron chi connectivity index (χ4n) is 11.8. The Morgan fingerprint density at radius 3 is 2.39 bits per heavy atom. The summed E-state index contributed by atoms with van der Waals surface area (Å²) in [4.78, 5) is 47.6. The highest BCUT2D eigenvalue weighted by atomic mass is 16.5. The van der Waals surface area contributed by atoms with Crippen molar-refractivity contribution in [3.63, 3.8) is 0 Å². The summed E-state index contributed by atoms with van der Waals surface area (Å²) in [6.07, 6.45) is 14.5. The molecule has 4 saturated carbocycles. The third-order valence-corrected chi connectivity index (χ3v) is 14.6. The first-order chi connectivity index (χ1) is 20.4. The number of nitrogens with zero attached hydrogens (tertiary/aromatic N) is 2. The SMILES string of the molecule is CC1(C(=O)N(O)[C@@H](Cc2cnc[nH]2)C(=O)O)CC[C@]2(C)CC[C@]3(C)C(=CC(=O)C4[C@@]5(C)CCCC(C)(C)C5CC[C@]43C)[C@@H]2C1. The number of imidazole rings is 1. The summed E-state index contributed by atoms with van der Waals surface area (Å²) in [6.45, 7) is 16.3. The van der Waals surface area contributed by atoms with Gasteiger partial charge in [-0.1, -0.05) is 60.5 Å². The molecule has 8 nitrogen and oxygen atoms in total. The van der Waals surface area contributed by atoms with Crippen LogP contribution in [0.5, 0.6) is 0 Å². The minimum Gasteiger partial charge on any atom is -0.480 e. The van der Waals surface area contributed by atoms with Crippen LogP contribution < -0.4 is 0 Å². The zero-order valence-corrected chi connectivity index (χ0v) is 27.8. The Hall–Kier alpha value is -2.48. The molecule has 44 heavy (non-hydrogen) atoms. The average Bonchev–Trinajstić information content (AvgIpc) is 3.46. The van der Waals surface area contributed by atoms with E-state index in [1.165, 1.54) is 30.9 Å². The lowest BCUT2D eigenvalue weighted by atomic mass is 9.33. The van der Waals surface area contributed by atoms with Gasteiger partial charge in [-0.15, -0.1) is 0 Å². The standard InChI is InChI=1S/C36H53N3O5/c1-31(2)10-8-11-34(5)27(31)9-12-36(7)28(34)26(40)18-23-24-19-33(4,14-13-32(24,3)15-16-35(23,36)6)30(43)39(44)25(29(41)42)17-22-20-37-21-38-22/h18,20-21,24-25,27-28,44H,8-17,19H2,1-7H3,(H,37,38)(H,41,42)/t24-,25-,27?,28?,32+,33?,34-,35+,36+/m0/s1. The molecule has 1 aromatic rings. The summed E-state index contributed by atoms with van der Waals surface area (Å²) < 4.78 is 0. The van der Waals surface area contributed by atoms with Crippen LogP contribution in [0.2, 0.25) is 0 Å². The third kappa shape index (κ3) is 4.32. The molecule has 5 aliphatic rings. The molecule has 0 aromatic carbocycles. The zero-order chi connectivity index (χ0) is 32.1. The second-order valence-corrected chi connectivity index (χ2v) is 17.4. The topological polar surface area (TPSA) is 124 Å². The molecule has 0 radical (unpaired) electrons. The summed E-state index contributed by atoms with van der Waals surface area (Å²) in [5.41, 5.74) is 0.644. The van der Waals surface area contributed by atoms with Crippen LogP contribution in [0.25, 0.3) is 0 Å². The van der Waals surface area contributed by atoms with Crippen LogP contribution in [-0.2, 0) is 20.8 Å². The molecular weight excluding hydrogens is 554 g/mol. The van der Waals surface area contributed by atoms with Gasteiger partial charge < -0.3 is 10.1 Å². The maximum absolute atomic E-state index is 14.5. The van der Waals surface area contributed by atoms with E-state index in [0.717, 1.165) is 38.5 Å². The molecule has 9 atom stereocenters. The van der Waals surface area contributed by atoms with E-state index in [1.807, 2.05) is 13.0 Å². The van der Waals surface area contributed by atoms with Crippen molar-refractivity contribution in [3.05, 3.63) is 29.9 Å². The number of aromatic nitrogens is 2. The molecule has 1 aromatic heterocycles. The molecule has 5 aliphatic carbocycles. The highest BCUT2D eigenvalue weighted by molar-refractivity contribution is 5.96. The number of hydrogen-bond acceptors (Lipinski definition) is 5. The minimum atomic E-state index is -1.42. The largest absolute Gasteiger partial charge is 0.480 e. The zero-order valence-electron chi connectivity index (χ0n) is 27.8. The number of carbonyl (C=O) groups is 3. The molecule has 6 rings (SSSR count). The normalized spacial score (nSPS) is 43.4. The summed E-state index contributed by atoms with van der Waals surface area (Å²) >= 11 is 0. The number of carboxylic acids is 1. The first-order valence-corrected chi connectivity index (χ1v) is 16.9. The van der Waals surface area contributed by atoms with Gasteiger partial charge in [0.15, 0.2) is 11.8 Å². The number of carbonyl (C=O) groups excluding carboxylic acids is 2. The van der Waals surface area contributed by atoms with Crippen molar-refractivity contribution in [2.45, 2.75) is 125 Å². The summed E-state index contributed by atoms with van der Waals surface area (Å²) in [7, 11) is 0. The van der Waals surface area contributed by atoms with E-state index in [-0.39, 0.29) is 51.1 Å². The molecule has 0 spiro atoms. The highest BCUT2D eigenvalue weighted by Gasteiger charge is 2.69. The lowest BCUT2D eigenvalue weighted by Gasteiger charge is -2.70. The molecule has 8 heteroatoms. The van der Waals surface area contributed by atoms with Crippen LogP contribution in [0.4, 0.5) is 0 Å². The Morgan fingerprint density at radius 1 is 1.02 bits per heavy atom. The van der Waals surface area contributed by atoms with E-state index in [9.17, 15) is 24.7 Å². The Balaban J connectivity index is 1.34. The van der Waals surface area contributed by atoms with Gasteiger partial charge in [-0.2, -0.15) is 0 Å². The molecule has 3 unspecified atom stereocenters. The number of rotatable bonds is 5. The van der Waals surface area contributed by atoms with Gasteiger partial charge in [0, 0.05) is 29.6 Å². The second-order valence-electron chi connectivity index (χ2n) is 17.4. The van der Waals surface area contributed by atoms with Gasteiger partial charge in [0.05, 0.1) is 6.33 Å². The van der Waals surface area contributed by atoms with Crippen LogP contribution in [-0.4, -0.2) is 49.0 Å². The number of nitrogens with one attached hydrogen (secondary N) is 1. The maximum atomic E-state index is 14.5. The van der Waals surface area contributed by atoms with Crippen molar-refractivity contribution in [1.29, 1.82) is 0 Å². The van der Waals surface area contributed by atoms with E-state index in [0.29, 0.717) is 29.5 Å². The Morgan fingerprint density at radius 2 is 1.73 bits per heavy atom. The van der Waals surface area contributed by atoms with Crippen LogP contribution in [0.1, 0.15) is 118 Å². The first kappa shape index (κ1) is 31.5. The predicted octanol–water partition coefficient (Wildman–Crippen LogP) is 6.99. The van der Waals surface area contributed by atoms with E-state index in [1.54, 1.807) is 0 Å². The number of allylic oxidation sites excluding steroid dienone is 2. The quantitative estimate of drug-likeness (QED) is 0.245. The molecule has 0 saturated heterocycles. The van der Waals surface area contributed by atoms with Crippen molar-refractivity contribution >= 4 is 17.7 Å². The minimum absolute atomic E-state index is 0.00484. The fraction of sp³-hybridized carbons (Fsp3) is 0.778. The molecule has 4 fully saturated rings. The fourth-order valence-corrected chi connectivity index (χ4v) is 11.8. The highest BCUT2D eigenvalue weighted by Crippen LogP contribution is 2.75. The van der Waals surface area contributed by atoms with Gasteiger partial charge >= 0.3 is 5.97 Å². The van der Waals surface area contributed by atoms with Gasteiger partial charge in [0.2, 0.25) is 0 Å². The van der Waals surface area contributed by atoms with Gasteiger partial charge in [0.1, 0.15) is 0 Å². The number of H-pyrrole nitrogens is 1. The van der Waals surface area contributed by atoms with E-state index >= 15 is 0 Å². The molecule has 0 aliphatic heterocycles.